The number of hydrogen-bond donors (Lipinski definition) is 3. The molecule has 0 saturated carbocycles. The van der Waals surface area contributed by atoms with Gasteiger partial charge in [-0.25, -0.2) is 0 Å². The number of unbranched alkanes of at least 4 members (excludes halogenated alkanes) is 58. The van der Waals surface area contributed by atoms with Crippen LogP contribution >= 0.6 is 0 Å². The number of esters is 1. The third-order valence-electron chi connectivity index (χ3n) is 18.3. The van der Waals surface area contributed by atoms with Crippen molar-refractivity contribution in [2.75, 3.05) is 13.2 Å². The molecular formula is C78H151NO5. The van der Waals surface area contributed by atoms with Crippen LogP contribution in [0.15, 0.2) is 24.3 Å². The molecule has 0 bridgehead atoms. The second-order valence-corrected chi connectivity index (χ2v) is 26.7. The maximum absolute atomic E-state index is 12.6. The highest BCUT2D eigenvalue weighted by Gasteiger charge is 2.20. The number of rotatable bonds is 73. The summed E-state index contributed by atoms with van der Waals surface area (Å²) in [5.74, 6) is -0.0215. The first-order valence-electron chi connectivity index (χ1n) is 38.6. The molecule has 0 radical (unpaired) electrons. The fourth-order valence-corrected chi connectivity index (χ4v) is 12.4. The van der Waals surface area contributed by atoms with Crippen molar-refractivity contribution in [2.45, 2.75) is 450 Å². The predicted molar refractivity (Wildman–Crippen MR) is 370 cm³/mol. The molecule has 0 aromatic rings. The van der Waals surface area contributed by atoms with E-state index in [9.17, 15) is 19.8 Å². The Kier molecular flexibility index (Phi) is 72.3. The van der Waals surface area contributed by atoms with Gasteiger partial charge in [0.05, 0.1) is 25.4 Å². The summed E-state index contributed by atoms with van der Waals surface area (Å²) < 4.78 is 5.50. The number of hydrogen-bond acceptors (Lipinski definition) is 5. The minimum Gasteiger partial charge on any atom is -0.466 e. The molecule has 0 fully saturated rings. The SMILES string of the molecule is CCCCCCCCCCCCCCCCCCCCCCCCCCCC(O)C(CO)NC(=O)CCCCCCCCCCC/C=C\C/C=C\CCCCCCCCCCCOC(=O)CCCCCCCCCCCCCCCCCCC. The van der Waals surface area contributed by atoms with Crippen LogP contribution in [0.25, 0.3) is 0 Å². The standard InChI is InChI=1S/C78H151NO5/c1-3-5-7-9-11-13-15-17-19-21-22-23-24-26-29-32-35-39-42-46-50-54-58-62-66-70-76(81)75(74-80)79-77(82)71-67-63-59-55-51-47-43-40-36-33-30-27-25-28-31-34-37-41-45-49-53-57-61-65-69-73-84-78(83)72-68-64-60-56-52-48-44-38-20-18-16-14-12-10-8-6-4-2/h27-28,30-31,75-76,80-81H,3-26,29,32-74H2,1-2H3,(H,79,82)/b30-27-,31-28-. The Morgan fingerprint density at radius 3 is 0.905 bits per heavy atom. The van der Waals surface area contributed by atoms with Crippen LogP contribution in [0.2, 0.25) is 0 Å². The Labute approximate surface area is 526 Å². The maximum Gasteiger partial charge on any atom is 0.305 e. The fraction of sp³-hybridized carbons (Fsp3) is 0.923. The molecule has 0 saturated heterocycles. The molecule has 0 aromatic carbocycles. The van der Waals surface area contributed by atoms with Gasteiger partial charge in [-0.2, -0.15) is 0 Å². The number of carbonyl (C=O) groups is 2. The third kappa shape index (κ3) is 69.4. The second kappa shape index (κ2) is 73.8. The van der Waals surface area contributed by atoms with Crippen molar-refractivity contribution in [1.29, 1.82) is 0 Å². The third-order valence-corrected chi connectivity index (χ3v) is 18.3. The minimum absolute atomic E-state index is 0.0142. The van der Waals surface area contributed by atoms with Crippen molar-refractivity contribution in [3.05, 3.63) is 24.3 Å². The van der Waals surface area contributed by atoms with Crippen LogP contribution in [0.3, 0.4) is 0 Å². The van der Waals surface area contributed by atoms with Crippen molar-refractivity contribution in [3.8, 4) is 0 Å². The molecule has 0 aliphatic rings. The fourth-order valence-electron chi connectivity index (χ4n) is 12.4. The zero-order valence-electron chi connectivity index (χ0n) is 57.2. The summed E-state index contributed by atoms with van der Waals surface area (Å²) >= 11 is 0. The Hall–Kier alpha value is -1.66. The van der Waals surface area contributed by atoms with E-state index in [0.717, 1.165) is 44.9 Å². The van der Waals surface area contributed by atoms with E-state index < -0.39 is 12.1 Å². The quantitative estimate of drug-likeness (QED) is 0.0320. The molecule has 6 heteroatoms. The zero-order valence-corrected chi connectivity index (χ0v) is 57.2. The van der Waals surface area contributed by atoms with E-state index in [1.165, 1.54) is 360 Å². The summed E-state index contributed by atoms with van der Waals surface area (Å²) in [5, 5.41) is 23.5. The van der Waals surface area contributed by atoms with Gasteiger partial charge in [0.15, 0.2) is 0 Å². The first-order chi connectivity index (χ1) is 41.5. The molecule has 0 heterocycles. The van der Waals surface area contributed by atoms with Crippen molar-refractivity contribution in [1.82, 2.24) is 5.32 Å². The van der Waals surface area contributed by atoms with Gasteiger partial charge in [-0.15, -0.1) is 0 Å². The number of allylic oxidation sites excluding steroid dienone is 4. The molecule has 2 unspecified atom stereocenters. The molecule has 3 N–H and O–H groups in total. The predicted octanol–water partition coefficient (Wildman–Crippen LogP) is 25.3. The Bertz CT molecular complexity index is 1320. The summed E-state index contributed by atoms with van der Waals surface area (Å²) in [6.07, 6.45) is 93.9. The Morgan fingerprint density at radius 1 is 0.333 bits per heavy atom. The Morgan fingerprint density at radius 2 is 0.595 bits per heavy atom. The molecule has 6 nitrogen and oxygen atoms in total. The van der Waals surface area contributed by atoms with Crippen LogP contribution in [0.5, 0.6) is 0 Å². The number of amides is 1. The second-order valence-electron chi connectivity index (χ2n) is 26.7. The zero-order chi connectivity index (χ0) is 60.6. The lowest BCUT2D eigenvalue weighted by atomic mass is 10.0. The Balaban J connectivity index is 3.41. The molecule has 1 amide bonds. The van der Waals surface area contributed by atoms with Gasteiger partial charge in [0.2, 0.25) is 5.91 Å². The highest BCUT2D eigenvalue weighted by molar-refractivity contribution is 5.76. The number of nitrogens with one attached hydrogen (secondary N) is 1. The molecule has 2 atom stereocenters. The van der Waals surface area contributed by atoms with Gasteiger partial charge in [0, 0.05) is 12.8 Å². The lowest BCUT2D eigenvalue weighted by molar-refractivity contribution is -0.143. The monoisotopic (exact) mass is 1180 g/mol. The smallest absolute Gasteiger partial charge is 0.305 e. The van der Waals surface area contributed by atoms with Gasteiger partial charge < -0.3 is 20.3 Å². The van der Waals surface area contributed by atoms with Crippen LogP contribution < -0.4 is 5.32 Å². The first kappa shape index (κ1) is 82.3. The normalized spacial score (nSPS) is 12.6. The van der Waals surface area contributed by atoms with E-state index in [0.29, 0.717) is 25.9 Å². The van der Waals surface area contributed by atoms with Crippen LogP contribution in [-0.4, -0.2) is 47.4 Å². The van der Waals surface area contributed by atoms with Crippen molar-refractivity contribution in [2.24, 2.45) is 0 Å². The van der Waals surface area contributed by atoms with Crippen molar-refractivity contribution in [3.63, 3.8) is 0 Å². The molecule has 0 rings (SSSR count). The van der Waals surface area contributed by atoms with E-state index >= 15 is 0 Å². The van der Waals surface area contributed by atoms with Crippen molar-refractivity contribution < 1.29 is 24.5 Å². The lowest BCUT2D eigenvalue weighted by Crippen LogP contribution is -2.45. The number of aliphatic hydroxyl groups is 2. The number of carbonyl (C=O) groups excluding carboxylic acids is 2. The topological polar surface area (TPSA) is 95.9 Å². The lowest BCUT2D eigenvalue weighted by Gasteiger charge is -2.22. The largest absolute Gasteiger partial charge is 0.466 e. The van der Waals surface area contributed by atoms with Crippen LogP contribution in [-0.2, 0) is 14.3 Å². The highest BCUT2D eigenvalue weighted by atomic mass is 16.5. The van der Waals surface area contributed by atoms with Crippen LogP contribution in [0, 0.1) is 0 Å². The van der Waals surface area contributed by atoms with Gasteiger partial charge in [-0.1, -0.05) is 391 Å². The summed E-state index contributed by atoms with van der Waals surface area (Å²) in [7, 11) is 0. The number of ether oxygens (including phenoxy) is 1. The van der Waals surface area contributed by atoms with E-state index in [-0.39, 0.29) is 18.5 Å². The van der Waals surface area contributed by atoms with Crippen molar-refractivity contribution >= 4 is 11.9 Å². The summed E-state index contributed by atoms with van der Waals surface area (Å²) in [4.78, 5) is 24.7. The molecule has 498 valence electrons. The average Bonchev–Trinajstić information content (AvgIpc) is 3.51. The van der Waals surface area contributed by atoms with E-state index in [2.05, 4.69) is 43.5 Å². The van der Waals surface area contributed by atoms with E-state index in [1.54, 1.807) is 0 Å². The highest BCUT2D eigenvalue weighted by Crippen LogP contribution is 2.20. The van der Waals surface area contributed by atoms with Gasteiger partial charge in [0.1, 0.15) is 0 Å². The summed E-state index contributed by atoms with van der Waals surface area (Å²) in [6, 6.07) is -0.548. The van der Waals surface area contributed by atoms with Crippen LogP contribution in [0.1, 0.15) is 438 Å². The molecular weight excluding hydrogens is 1030 g/mol. The van der Waals surface area contributed by atoms with Gasteiger partial charge in [0.25, 0.3) is 0 Å². The van der Waals surface area contributed by atoms with E-state index in [1.807, 2.05) is 0 Å². The van der Waals surface area contributed by atoms with Gasteiger partial charge in [-0.3, -0.25) is 9.59 Å². The maximum atomic E-state index is 12.6. The summed E-state index contributed by atoms with van der Waals surface area (Å²) in [5.41, 5.74) is 0. The van der Waals surface area contributed by atoms with Gasteiger partial charge >= 0.3 is 5.97 Å². The van der Waals surface area contributed by atoms with Gasteiger partial charge in [-0.05, 0) is 57.8 Å². The molecule has 0 aliphatic heterocycles. The molecule has 84 heavy (non-hydrogen) atoms. The molecule has 0 aliphatic carbocycles. The molecule has 0 spiro atoms. The molecule has 0 aromatic heterocycles. The summed E-state index contributed by atoms with van der Waals surface area (Å²) in [6.45, 7) is 5.00. The minimum atomic E-state index is -0.670. The van der Waals surface area contributed by atoms with E-state index in [4.69, 9.17) is 4.74 Å². The average molecular weight is 1180 g/mol. The first-order valence-corrected chi connectivity index (χ1v) is 38.6. The number of aliphatic hydroxyl groups excluding tert-OH is 2. The van der Waals surface area contributed by atoms with Crippen LogP contribution in [0.4, 0.5) is 0 Å².